The monoisotopic (exact) mass is 231 g/mol. The normalized spacial score (nSPS) is 23.1. The first-order chi connectivity index (χ1) is 8.25. The first-order valence-electron chi connectivity index (χ1n) is 5.71. The van der Waals surface area contributed by atoms with Crippen LogP contribution in [0.1, 0.15) is 18.4 Å². The third-order valence-corrected chi connectivity index (χ3v) is 3.11. The quantitative estimate of drug-likeness (QED) is 0.803. The second-order valence-corrected chi connectivity index (χ2v) is 4.27. The number of hydrogen-bond acceptors (Lipinski definition) is 3. The highest BCUT2D eigenvalue weighted by Gasteiger charge is 2.34. The Kier molecular flexibility index (Phi) is 2.28. The average Bonchev–Trinajstić information content (AvgIpc) is 2.74. The number of fused-ring (bicyclic) bond motifs is 1. The Morgan fingerprint density at radius 1 is 1.35 bits per heavy atom. The lowest BCUT2D eigenvalue weighted by Crippen LogP contribution is -2.42. The summed E-state index contributed by atoms with van der Waals surface area (Å²) in [5.74, 6) is 0.836. The number of benzene rings is 1. The summed E-state index contributed by atoms with van der Waals surface area (Å²) in [6, 6.07) is 7.46. The molecule has 2 aliphatic heterocycles. The molecule has 1 atom stereocenters. The number of carbonyl (C=O) groups excluding carboxylic acids is 1. The second kappa shape index (κ2) is 3.80. The summed E-state index contributed by atoms with van der Waals surface area (Å²) in [6.07, 6.45) is 2.37. The second-order valence-electron chi connectivity index (χ2n) is 4.27. The van der Waals surface area contributed by atoms with Crippen molar-refractivity contribution in [2.24, 2.45) is 0 Å². The van der Waals surface area contributed by atoms with Crippen LogP contribution >= 0.6 is 0 Å². The van der Waals surface area contributed by atoms with E-state index in [1.165, 1.54) is 0 Å². The highest BCUT2D eigenvalue weighted by Crippen LogP contribution is 2.31. The van der Waals surface area contributed by atoms with Crippen LogP contribution in [0.4, 0.5) is 0 Å². The molecule has 1 unspecified atom stereocenters. The molecule has 4 heteroatoms. The molecule has 0 bridgehead atoms. The maximum absolute atomic E-state index is 11.6. The number of hydrogen-bond donors (Lipinski definition) is 1. The molecule has 0 saturated carbocycles. The molecule has 4 nitrogen and oxygen atoms in total. The van der Waals surface area contributed by atoms with Crippen molar-refractivity contribution in [3.63, 3.8) is 0 Å². The molecule has 0 spiro atoms. The molecule has 1 N–H and O–H groups in total. The van der Waals surface area contributed by atoms with Gasteiger partial charge in [-0.2, -0.15) is 0 Å². The lowest BCUT2D eigenvalue weighted by molar-refractivity contribution is -0.134. The minimum atomic E-state index is -0.653. The Balaban J connectivity index is 1.93. The molecule has 1 fully saturated rings. The number of rotatable bonds is 1. The van der Waals surface area contributed by atoms with E-state index in [2.05, 4.69) is 0 Å². The summed E-state index contributed by atoms with van der Waals surface area (Å²) in [5, 5.41) is 9.94. The SMILES string of the molecule is O=C1CCCN1C1Oc2ccccc2C=C1O. The predicted molar refractivity (Wildman–Crippen MR) is 62.4 cm³/mol. The number of amides is 1. The zero-order chi connectivity index (χ0) is 11.8. The van der Waals surface area contributed by atoms with Gasteiger partial charge in [-0.25, -0.2) is 0 Å². The van der Waals surface area contributed by atoms with Crippen LogP contribution in [0, 0.1) is 0 Å². The molecule has 1 saturated heterocycles. The van der Waals surface area contributed by atoms with Crippen LogP contribution in [0.3, 0.4) is 0 Å². The fraction of sp³-hybridized carbons (Fsp3) is 0.308. The summed E-state index contributed by atoms with van der Waals surface area (Å²) >= 11 is 0. The van der Waals surface area contributed by atoms with E-state index in [4.69, 9.17) is 4.74 Å². The fourth-order valence-electron chi connectivity index (χ4n) is 2.26. The van der Waals surface area contributed by atoms with Crippen molar-refractivity contribution < 1.29 is 14.6 Å². The topological polar surface area (TPSA) is 49.8 Å². The lowest BCUT2D eigenvalue weighted by atomic mass is 10.1. The Hall–Kier alpha value is -1.97. The van der Waals surface area contributed by atoms with Crippen LogP contribution in [0.25, 0.3) is 6.08 Å². The highest BCUT2D eigenvalue weighted by molar-refractivity contribution is 5.79. The van der Waals surface area contributed by atoms with Gasteiger partial charge in [-0.05, 0) is 18.6 Å². The van der Waals surface area contributed by atoms with E-state index in [0.29, 0.717) is 18.7 Å². The summed E-state index contributed by atoms with van der Waals surface area (Å²) in [6.45, 7) is 0.642. The molecular weight excluding hydrogens is 218 g/mol. The minimum Gasteiger partial charge on any atom is -0.506 e. The Morgan fingerprint density at radius 3 is 2.94 bits per heavy atom. The molecule has 1 amide bonds. The standard InChI is InChI=1S/C13H13NO3/c15-10-8-9-4-1-2-5-11(9)17-13(10)14-7-3-6-12(14)16/h1-2,4-5,8,13,15H,3,6-7H2. The van der Waals surface area contributed by atoms with E-state index in [1.807, 2.05) is 24.3 Å². The lowest BCUT2D eigenvalue weighted by Gasteiger charge is -2.30. The zero-order valence-electron chi connectivity index (χ0n) is 9.30. The molecule has 0 aliphatic carbocycles. The molecule has 2 heterocycles. The Labute approximate surface area is 99.1 Å². The Morgan fingerprint density at radius 2 is 2.18 bits per heavy atom. The number of aliphatic hydroxyl groups is 1. The Bertz CT molecular complexity index is 495. The van der Waals surface area contributed by atoms with E-state index in [-0.39, 0.29) is 11.7 Å². The van der Waals surface area contributed by atoms with Gasteiger partial charge in [-0.1, -0.05) is 18.2 Å². The van der Waals surface area contributed by atoms with Gasteiger partial charge in [0.15, 0.2) is 5.76 Å². The predicted octanol–water partition coefficient (Wildman–Crippen LogP) is 1.93. The van der Waals surface area contributed by atoms with Crippen molar-refractivity contribution in [3.8, 4) is 5.75 Å². The third-order valence-electron chi connectivity index (χ3n) is 3.11. The van der Waals surface area contributed by atoms with Crippen molar-refractivity contribution in [2.75, 3.05) is 6.54 Å². The van der Waals surface area contributed by atoms with E-state index >= 15 is 0 Å². The average molecular weight is 231 g/mol. The number of para-hydroxylation sites is 1. The van der Waals surface area contributed by atoms with Crippen molar-refractivity contribution in [1.82, 2.24) is 4.90 Å². The number of aliphatic hydroxyl groups excluding tert-OH is 1. The van der Waals surface area contributed by atoms with Crippen LogP contribution in [-0.4, -0.2) is 28.7 Å². The molecule has 0 radical (unpaired) electrons. The highest BCUT2D eigenvalue weighted by atomic mass is 16.5. The summed E-state index contributed by atoms with van der Waals surface area (Å²) < 4.78 is 5.69. The molecular formula is C13H13NO3. The van der Waals surface area contributed by atoms with Crippen LogP contribution in [0.2, 0.25) is 0 Å². The molecule has 17 heavy (non-hydrogen) atoms. The number of likely N-dealkylation sites (tertiary alicyclic amines) is 1. The first kappa shape index (κ1) is 10.2. The van der Waals surface area contributed by atoms with E-state index in [1.54, 1.807) is 11.0 Å². The van der Waals surface area contributed by atoms with Crippen molar-refractivity contribution in [2.45, 2.75) is 19.1 Å². The molecule has 88 valence electrons. The van der Waals surface area contributed by atoms with E-state index < -0.39 is 6.23 Å². The van der Waals surface area contributed by atoms with Crippen LogP contribution in [0.5, 0.6) is 5.75 Å². The van der Waals surface area contributed by atoms with Gasteiger partial charge in [0.05, 0.1) is 0 Å². The molecule has 2 aliphatic rings. The number of ether oxygens (including phenoxy) is 1. The molecule has 3 rings (SSSR count). The summed E-state index contributed by atoms with van der Waals surface area (Å²) in [5.41, 5.74) is 0.841. The van der Waals surface area contributed by atoms with Gasteiger partial charge in [0.1, 0.15) is 5.75 Å². The van der Waals surface area contributed by atoms with Gasteiger partial charge in [0, 0.05) is 18.5 Å². The largest absolute Gasteiger partial charge is 0.506 e. The van der Waals surface area contributed by atoms with Gasteiger partial charge in [-0.3, -0.25) is 4.79 Å². The molecule has 1 aromatic carbocycles. The van der Waals surface area contributed by atoms with Crippen molar-refractivity contribution in [1.29, 1.82) is 0 Å². The van der Waals surface area contributed by atoms with Gasteiger partial charge in [0.2, 0.25) is 12.1 Å². The molecule has 1 aromatic rings. The van der Waals surface area contributed by atoms with Gasteiger partial charge in [-0.15, -0.1) is 0 Å². The van der Waals surface area contributed by atoms with Crippen LogP contribution in [-0.2, 0) is 4.79 Å². The summed E-state index contributed by atoms with van der Waals surface area (Å²) in [4.78, 5) is 13.2. The fourth-order valence-corrected chi connectivity index (χ4v) is 2.26. The van der Waals surface area contributed by atoms with Crippen molar-refractivity contribution in [3.05, 3.63) is 35.6 Å². The van der Waals surface area contributed by atoms with E-state index in [9.17, 15) is 9.90 Å². The van der Waals surface area contributed by atoms with Crippen LogP contribution in [0.15, 0.2) is 30.0 Å². The summed E-state index contributed by atoms with van der Waals surface area (Å²) in [7, 11) is 0. The smallest absolute Gasteiger partial charge is 0.232 e. The zero-order valence-corrected chi connectivity index (χ0v) is 9.30. The van der Waals surface area contributed by atoms with Crippen molar-refractivity contribution >= 4 is 12.0 Å². The first-order valence-corrected chi connectivity index (χ1v) is 5.71. The van der Waals surface area contributed by atoms with Crippen LogP contribution < -0.4 is 4.74 Å². The van der Waals surface area contributed by atoms with Gasteiger partial charge >= 0.3 is 0 Å². The van der Waals surface area contributed by atoms with E-state index in [0.717, 1.165) is 12.0 Å². The van der Waals surface area contributed by atoms with Gasteiger partial charge in [0.25, 0.3) is 0 Å². The minimum absolute atomic E-state index is 0.0364. The maximum Gasteiger partial charge on any atom is 0.232 e. The third kappa shape index (κ3) is 1.65. The van der Waals surface area contributed by atoms with Gasteiger partial charge < -0.3 is 14.7 Å². The number of nitrogens with zero attached hydrogens (tertiary/aromatic N) is 1. The number of carbonyl (C=O) groups is 1. The maximum atomic E-state index is 11.6. The molecule has 0 aromatic heterocycles.